The van der Waals surface area contributed by atoms with Gasteiger partial charge < -0.3 is 14.5 Å². The fraction of sp³-hybridized carbons (Fsp3) is 0.286. The number of nitrogens with zero attached hydrogens (tertiary/aromatic N) is 1. The smallest absolute Gasteiger partial charge is 0.257 e. The molecule has 2 aromatic heterocycles. The van der Waals surface area contributed by atoms with Crippen LogP contribution in [0.1, 0.15) is 45.4 Å². The lowest BCUT2D eigenvalue weighted by molar-refractivity contribution is -0.123. The Morgan fingerprint density at radius 2 is 2.10 bits per heavy atom. The Hall–Kier alpha value is -3.13. The summed E-state index contributed by atoms with van der Waals surface area (Å²) in [7, 11) is 1.58. The Bertz CT molecular complexity index is 996. The molecule has 1 aliphatic rings. The van der Waals surface area contributed by atoms with Gasteiger partial charge in [-0.25, -0.2) is 4.98 Å². The van der Waals surface area contributed by atoms with Crippen LogP contribution in [0.15, 0.2) is 47.1 Å². The molecule has 150 valence electrons. The summed E-state index contributed by atoms with van der Waals surface area (Å²) < 4.78 is 10.4. The van der Waals surface area contributed by atoms with Gasteiger partial charge >= 0.3 is 0 Å². The van der Waals surface area contributed by atoms with Crippen molar-refractivity contribution in [2.75, 3.05) is 12.4 Å². The van der Waals surface area contributed by atoms with E-state index in [-0.39, 0.29) is 17.7 Å². The van der Waals surface area contributed by atoms with Gasteiger partial charge in [-0.15, -0.1) is 11.3 Å². The van der Waals surface area contributed by atoms with Gasteiger partial charge in [-0.3, -0.25) is 14.9 Å². The van der Waals surface area contributed by atoms with Gasteiger partial charge in [0.25, 0.3) is 5.91 Å². The van der Waals surface area contributed by atoms with Crippen molar-refractivity contribution in [2.24, 2.45) is 0 Å². The van der Waals surface area contributed by atoms with Crippen LogP contribution in [0.2, 0.25) is 0 Å². The highest BCUT2D eigenvalue weighted by Gasteiger charge is 2.30. The minimum absolute atomic E-state index is 0.0688. The van der Waals surface area contributed by atoms with E-state index in [4.69, 9.17) is 9.15 Å². The number of furan rings is 1. The maximum absolute atomic E-state index is 12.7. The molecule has 29 heavy (non-hydrogen) atoms. The number of aryl methyl sites for hydroxylation is 1. The molecule has 0 unspecified atom stereocenters. The van der Waals surface area contributed by atoms with Gasteiger partial charge in [0, 0.05) is 10.4 Å². The summed E-state index contributed by atoms with van der Waals surface area (Å²) in [5.41, 5.74) is 1.29. The Morgan fingerprint density at radius 3 is 2.83 bits per heavy atom. The first-order valence-corrected chi connectivity index (χ1v) is 10.2. The molecule has 2 N–H and O–H groups in total. The van der Waals surface area contributed by atoms with Crippen molar-refractivity contribution in [1.82, 2.24) is 10.3 Å². The molecule has 0 radical (unpaired) electrons. The number of carbonyl (C=O) groups excluding carboxylic acids is 2. The van der Waals surface area contributed by atoms with E-state index in [1.807, 2.05) is 6.07 Å². The Kier molecular flexibility index (Phi) is 5.62. The molecular formula is C21H21N3O4S. The van der Waals surface area contributed by atoms with Crippen LogP contribution >= 0.6 is 11.3 Å². The molecule has 7 nitrogen and oxygen atoms in total. The lowest BCUT2D eigenvalue weighted by Crippen LogP contribution is -2.30. The number of hydrogen-bond acceptors (Lipinski definition) is 6. The molecular weight excluding hydrogens is 390 g/mol. The summed E-state index contributed by atoms with van der Waals surface area (Å²) in [5, 5.41) is 6.28. The summed E-state index contributed by atoms with van der Waals surface area (Å²) in [6, 6.07) is 10.5. The summed E-state index contributed by atoms with van der Waals surface area (Å²) in [4.78, 5) is 30.8. The van der Waals surface area contributed by atoms with Gasteiger partial charge in [-0.1, -0.05) is 0 Å². The predicted octanol–water partition coefficient (Wildman–Crippen LogP) is 3.73. The fourth-order valence-corrected chi connectivity index (χ4v) is 4.41. The second kappa shape index (κ2) is 8.48. The van der Waals surface area contributed by atoms with E-state index in [2.05, 4.69) is 15.6 Å². The molecule has 4 rings (SSSR count). The number of rotatable bonds is 6. The second-order valence-corrected chi connectivity index (χ2v) is 7.84. The normalized spacial score (nSPS) is 15.4. The molecule has 3 aromatic rings. The molecule has 1 aliphatic carbocycles. The van der Waals surface area contributed by atoms with Crippen molar-refractivity contribution in [1.29, 1.82) is 0 Å². The van der Waals surface area contributed by atoms with Gasteiger partial charge in [-0.05, 0) is 55.7 Å². The van der Waals surface area contributed by atoms with Crippen molar-refractivity contribution in [3.05, 3.63) is 64.6 Å². The number of hydrogen-bond donors (Lipinski definition) is 2. The molecule has 0 aliphatic heterocycles. The minimum atomic E-state index is -0.309. The number of aromatic nitrogens is 1. The van der Waals surface area contributed by atoms with Crippen LogP contribution < -0.4 is 15.4 Å². The molecule has 1 atom stereocenters. The second-order valence-electron chi connectivity index (χ2n) is 6.75. The summed E-state index contributed by atoms with van der Waals surface area (Å²) in [6.07, 6.45) is 4.11. The zero-order valence-electron chi connectivity index (χ0n) is 15.9. The number of fused-ring (bicyclic) bond motifs is 1. The van der Waals surface area contributed by atoms with Crippen LogP contribution in [-0.2, 0) is 17.8 Å². The van der Waals surface area contributed by atoms with Gasteiger partial charge in [0.15, 0.2) is 5.13 Å². The van der Waals surface area contributed by atoms with Gasteiger partial charge in [0.05, 0.1) is 31.5 Å². The number of anilines is 1. The molecule has 0 fully saturated rings. The van der Waals surface area contributed by atoms with Crippen LogP contribution in [0.5, 0.6) is 5.75 Å². The van der Waals surface area contributed by atoms with Crippen LogP contribution in [0.3, 0.4) is 0 Å². The SMILES string of the molecule is COc1ccc(C(=O)Nc2nc3c(s2)CCC[C@@H]3C(=O)NCc2ccco2)cc1. The average Bonchev–Trinajstić information content (AvgIpc) is 3.41. The quantitative estimate of drug-likeness (QED) is 0.645. The molecule has 0 spiro atoms. The highest BCUT2D eigenvalue weighted by molar-refractivity contribution is 7.15. The summed E-state index contributed by atoms with van der Waals surface area (Å²) in [6.45, 7) is 0.350. The third-order valence-corrected chi connectivity index (χ3v) is 5.91. The molecule has 0 saturated heterocycles. The fourth-order valence-electron chi connectivity index (χ4n) is 3.35. The van der Waals surface area contributed by atoms with Crippen LogP contribution in [0.25, 0.3) is 0 Å². The molecule has 0 saturated carbocycles. The molecule has 1 aromatic carbocycles. The van der Waals surface area contributed by atoms with Gasteiger partial charge in [0.2, 0.25) is 5.91 Å². The first kappa shape index (κ1) is 19.2. The largest absolute Gasteiger partial charge is 0.497 e. The number of ether oxygens (including phenoxy) is 1. The Balaban J connectivity index is 1.44. The number of methoxy groups -OCH3 is 1. The first-order valence-electron chi connectivity index (χ1n) is 9.39. The summed E-state index contributed by atoms with van der Waals surface area (Å²) in [5.74, 6) is 0.782. The lowest BCUT2D eigenvalue weighted by atomic mass is 9.90. The van der Waals surface area contributed by atoms with E-state index < -0.39 is 0 Å². The monoisotopic (exact) mass is 411 g/mol. The number of thiazole rings is 1. The highest BCUT2D eigenvalue weighted by atomic mass is 32.1. The highest BCUT2D eigenvalue weighted by Crippen LogP contribution is 2.37. The van der Waals surface area contributed by atoms with Gasteiger partial charge in [0.1, 0.15) is 11.5 Å². The topological polar surface area (TPSA) is 93.5 Å². The third-order valence-electron chi connectivity index (χ3n) is 4.86. The lowest BCUT2D eigenvalue weighted by Gasteiger charge is -2.20. The van der Waals surface area contributed by atoms with Gasteiger partial charge in [-0.2, -0.15) is 0 Å². The van der Waals surface area contributed by atoms with E-state index in [0.29, 0.717) is 28.7 Å². The number of nitrogens with one attached hydrogen (secondary N) is 2. The van der Waals surface area contributed by atoms with Crippen LogP contribution in [0, 0.1) is 0 Å². The van der Waals surface area contributed by atoms with E-state index in [1.165, 1.54) is 11.3 Å². The zero-order valence-corrected chi connectivity index (χ0v) is 16.8. The first-order chi connectivity index (χ1) is 14.1. The number of benzene rings is 1. The van der Waals surface area contributed by atoms with Crippen LogP contribution in [-0.4, -0.2) is 23.9 Å². The van der Waals surface area contributed by atoms with E-state index in [9.17, 15) is 9.59 Å². The average molecular weight is 411 g/mol. The maximum Gasteiger partial charge on any atom is 0.257 e. The predicted molar refractivity (Wildman–Crippen MR) is 109 cm³/mol. The van der Waals surface area contributed by atoms with Crippen molar-refractivity contribution in [2.45, 2.75) is 31.7 Å². The molecule has 2 amide bonds. The third kappa shape index (κ3) is 4.32. The van der Waals surface area contributed by atoms with E-state index >= 15 is 0 Å². The number of carbonyl (C=O) groups is 2. The standard InChI is InChI=1S/C21H21N3O4S/c1-27-14-9-7-13(8-10-14)19(25)24-21-23-18-16(5-2-6-17(18)29-21)20(26)22-12-15-4-3-11-28-15/h3-4,7-11,16H,2,5-6,12H2,1H3,(H,22,26)(H,23,24,25)/t16-/m0/s1. The molecule has 0 bridgehead atoms. The molecule has 2 heterocycles. The van der Waals surface area contributed by atoms with Crippen molar-refractivity contribution >= 4 is 28.3 Å². The number of amides is 2. The Morgan fingerprint density at radius 1 is 1.28 bits per heavy atom. The Labute approximate surface area is 172 Å². The van der Waals surface area contributed by atoms with Crippen molar-refractivity contribution < 1.29 is 18.7 Å². The zero-order chi connectivity index (χ0) is 20.2. The van der Waals surface area contributed by atoms with Crippen LogP contribution in [0.4, 0.5) is 5.13 Å². The van der Waals surface area contributed by atoms with Crippen molar-refractivity contribution in [3.63, 3.8) is 0 Å². The maximum atomic E-state index is 12.7. The van der Waals surface area contributed by atoms with E-state index in [1.54, 1.807) is 43.7 Å². The summed E-state index contributed by atoms with van der Waals surface area (Å²) >= 11 is 1.44. The van der Waals surface area contributed by atoms with E-state index in [0.717, 1.165) is 29.8 Å². The molecule has 8 heteroatoms. The minimum Gasteiger partial charge on any atom is -0.497 e. The van der Waals surface area contributed by atoms with Crippen molar-refractivity contribution in [3.8, 4) is 5.75 Å².